The smallest absolute Gasteiger partial charge is 0.216 e. The summed E-state index contributed by atoms with van der Waals surface area (Å²) < 4.78 is 5.29. The van der Waals surface area contributed by atoms with Crippen LogP contribution in [-0.2, 0) is 6.54 Å². The van der Waals surface area contributed by atoms with Crippen LogP contribution in [0.15, 0.2) is 52.1 Å². The number of halogens is 2. The molecule has 0 amide bonds. The Morgan fingerprint density at radius 2 is 2.07 bits per heavy atom. The van der Waals surface area contributed by atoms with E-state index in [0.29, 0.717) is 29.9 Å². The quantitative estimate of drug-likeness (QED) is 0.269. The average molecular weight is 501 g/mol. The molecule has 1 atom stereocenters. The number of aromatic amines is 1. The van der Waals surface area contributed by atoms with Crippen molar-refractivity contribution in [1.82, 2.24) is 25.8 Å². The van der Waals surface area contributed by atoms with E-state index in [9.17, 15) is 0 Å². The minimum atomic E-state index is 0. The second-order valence-corrected chi connectivity index (χ2v) is 6.13. The van der Waals surface area contributed by atoms with Crippen molar-refractivity contribution in [2.45, 2.75) is 26.4 Å². The van der Waals surface area contributed by atoms with Crippen molar-refractivity contribution in [3.05, 3.63) is 59.1 Å². The molecule has 3 aromatic rings. The van der Waals surface area contributed by atoms with Crippen LogP contribution >= 0.6 is 35.6 Å². The summed E-state index contributed by atoms with van der Waals surface area (Å²) in [5.41, 5.74) is 1.12. The van der Waals surface area contributed by atoms with Crippen molar-refractivity contribution in [3.8, 4) is 11.6 Å². The summed E-state index contributed by atoms with van der Waals surface area (Å²) in [4.78, 5) is 8.96. The van der Waals surface area contributed by atoms with Gasteiger partial charge in [0.2, 0.25) is 5.82 Å². The van der Waals surface area contributed by atoms with Gasteiger partial charge in [0.15, 0.2) is 11.7 Å². The first kappa shape index (κ1) is 21.2. The lowest BCUT2D eigenvalue weighted by atomic mass is 10.1. The Hall–Kier alpha value is -2.07. The summed E-state index contributed by atoms with van der Waals surface area (Å²) in [6.45, 7) is 5.22. The molecule has 0 saturated carbocycles. The normalized spacial score (nSPS) is 12.3. The molecule has 2 aromatic heterocycles. The molecule has 3 rings (SSSR count). The molecule has 1 aromatic carbocycles. The maximum absolute atomic E-state index is 5.95. The third-order valence-electron chi connectivity index (χ3n) is 3.73. The molecule has 0 aliphatic rings. The van der Waals surface area contributed by atoms with E-state index < -0.39 is 0 Å². The van der Waals surface area contributed by atoms with E-state index in [0.717, 1.165) is 17.1 Å². The standard InChI is InChI=1S/C18H21ClN6O.HI/c1-3-20-18(22-12(2)13-6-8-14(19)9-7-13)21-11-16-23-17(25-24-16)15-5-4-10-26-15;/h4-10,12H,3,11H2,1-2H3,(H2,20,21,22)(H,23,24,25);1H. The zero-order valence-corrected chi connectivity index (χ0v) is 18.2. The van der Waals surface area contributed by atoms with E-state index in [1.54, 1.807) is 12.3 Å². The van der Waals surface area contributed by atoms with Crippen LogP contribution in [-0.4, -0.2) is 27.7 Å². The van der Waals surface area contributed by atoms with Gasteiger partial charge in [0.25, 0.3) is 0 Å². The first-order chi connectivity index (χ1) is 12.7. The van der Waals surface area contributed by atoms with Crippen LogP contribution in [0.2, 0.25) is 5.02 Å². The van der Waals surface area contributed by atoms with Gasteiger partial charge < -0.3 is 15.1 Å². The Labute approximate surface area is 180 Å². The number of H-pyrrole nitrogens is 1. The second kappa shape index (κ2) is 10.3. The third kappa shape index (κ3) is 5.96. The first-order valence-corrected chi connectivity index (χ1v) is 8.79. The van der Waals surface area contributed by atoms with Gasteiger partial charge in [-0.2, -0.15) is 0 Å². The molecule has 0 bridgehead atoms. The van der Waals surface area contributed by atoms with Gasteiger partial charge in [-0.1, -0.05) is 23.7 Å². The molecule has 0 radical (unpaired) electrons. The zero-order valence-electron chi connectivity index (χ0n) is 15.1. The van der Waals surface area contributed by atoms with Crippen LogP contribution in [0.1, 0.15) is 31.3 Å². The van der Waals surface area contributed by atoms with Crippen molar-refractivity contribution in [2.24, 2.45) is 4.99 Å². The van der Waals surface area contributed by atoms with E-state index in [1.807, 2.05) is 37.3 Å². The highest BCUT2D eigenvalue weighted by Crippen LogP contribution is 2.16. The fourth-order valence-electron chi connectivity index (χ4n) is 2.40. The molecule has 9 heteroatoms. The number of guanidine groups is 1. The molecule has 0 spiro atoms. The number of rotatable bonds is 6. The van der Waals surface area contributed by atoms with E-state index in [1.165, 1.54) is 0 Å². The highest BCUT2D eigenvalue weighted by Gasteiger charge is 2.10. The highest BCUT2D eigenvalue weighted by atomic mass is 127. The summed E-state index contributed by atoms with van der Waals surface area (Å²) in [6, 6.07) is 11.4. The largest absolute Gasteiger partial charge is 0.461 e. The monoisotopic (exact) mass is 500 g/mol. The lowest BCUT2D eigenvalue weighted by Crippen LogP contribution is -2.38. The fraction of sp³-hybridized carbons (Fsp3) is 0.278. The summed E-state index contributed by atoms with van der Waals surface area (Å²) >= 11 is 5.95. The minimum Gasteiger partial charge on any atom is -0.461 e. The van der Waals surface area contributed by atoms with E-state index in [-0.39, 0.29) is 30.0 Å². The van der Waals surface area contributed by atoms with E-state index in [2.05, 4.69) is 37.7 Å². The Bertz CT molecular complexity index is 847. The maximum Gasteiger partial charge on any atom is 0.216 e. The molecule has 0 saturated heterocycles. The summed E-state index contributed by atoms with van der Waals surface area (Å²) in [7, 11) is 0. The van der Waals surface area contributed by atoms with Gasteiger partial charge in [0.1, 0.15) is 12.4 Å². The second-order valence-electron chi connectivity index (χ2n) is 5.70. The lowest BCUT2D eigenvalue weighted by Gasteiger charge is -2.18. The van der Waals surface area contributed by atoms with Gasteiger partial charge in [0.05, 0.1) is 12.3 Å². The Morgan fingerprint density at radius 3 is 2.74 bits per heavy atom. The van der Waals surface area contributed by atoms with Crippen LogP contribution in [0, 0.1) is 0 Å². The van der Waals surface area contributed by atoms with Gasteiger partial charge in [-0.25, -0.2) is 9.98 Å². The predicted octanol–water partition coefficient (Wildman–Crippen LogP) is 4.15. The number of hydrogen-bond donors (Lipinski definition) is 3. The molecular weight excluding hydrogens is 479 g/mol. The molecule has 27 heavy (non-hydrogen) atoms. The molecule has 2 heterocycles. The van der Waals surface area contributed by atoms with Crippen LogP contribution in [0.25, 0.3) is 11.6 Å². The average Bonchev–Trinajstić information content (AvgIpc) is 3.32. The van der Waals surface area contributed by atoms with Crippen molar-refractivity contribution in [3.63, 3.8) is 0 Å². The molecule has 7 nitrogen and oxygen atoms in total. The molecule has 1 unspecified atom stereocenters. The Morgan fingerprint density at radius 1 is 1.30 bits per heavy atom. The van der Waals surface area contributed by atoms with Crippen molar-refractivity contribution >= 4 is 41.5 Å². The SMILES string of the molecule is CCNC(=NCc1nc(-c2ccco2)n[nH]1)NC(C)c1ccc(Cl)cc1.I. The number of hydrogen-bond acceptors (Lipinski definition) is 4. The Kier molecular flexibility index (Phi) is 8.11. The zero-order chi connectivity index (χ0) is 18.4. The van der Waals surface area contributed by atoms with E-state index >= 15 is 0 Å². The number of aliphatic imine (C=N–C) groups is 1. The minimum absolute atomic E-state index is 0. The van der Waals surface area contributed by atoms with E-state index in [4.69, 9.17) is 16.0 Å². The number of nitrogens with zero attached hydrogens (tertiary/aromatic N) is 3. The topological polar surface area (TPSA) is 91.1 Å². The summed E-state index contributed by atoms with van der Waals surface area (Å²) in [6.07, 6.45) is 1.59. The molecule has 144 valence electrons. The summed E-state index contributed by atoms with van der Waals surface area (Å²) in [5.74, 6) is 2.50. The van der Waals surface area contributed by atoms with Crippen LogP contribution < -0.4 is 10.6 Å². The number of aromatic nitrogens is 3. The molecule has 0 aliphatic heterocycles. The summed E-state index contributed by atoms with van der Waals surface area (Å²) in [5, 5.41) is 14.4. The molecule has 0 fully saturated rings. The molecule has 3 N–H and O–H groups in total. The molecular formula is C18H22ClIN6O. The Balaban J connectivity index is 0.00000261. The van der Waals surface area contributed by atoms with Gasteiger partial charge in [-0.05, 0) is 43.7 Å². The highest BCUT2D eigenvalue weighted by molar-refractivity contribution is 14.0. The molecule has 0 aliphatic carbocycles. The number of nitrogens with one attached hydrogen (secondary N) is 3. The van der Waals surface area contributed by atoms with Crippen LogP contribution in [0.4, 0.5) is 0 Å². The van der Waals surface area contributed by atoms with Crippen LogP contribution in [0.5, 0.6) is 0 Å². The third-order valence-corrected chi connectivity index (χ3v) is 3.98. The first-order valence-electron chi connectivity index (χ1n) is 8.41. The maximum atomic E-state index is 5.95. The van der Waals surface area contributed by atoms with Crippen molar-refractivity contribution in [2.75, 3.05) is 6.54 Å². The van der Waals surface area contributed by atoms with Gasteiger partial charge in [0, 0.05) is 11.6 Å². The van der Waals surface area contributed by atoms with Crippen molar-refractivity contribution < 1.29 is 4.42 Å². The predicted molar refractivity (Wildman–Crippen MR) is 117 cm³/mol. The van der Waals surface area contributed by atoms with Gasteiger partial charge >= 0.3 is 0 Å². The lowest BCUT2D eigenvalue weighted by molar-refractivity contribution is 0.577. The van der Waals surface area contributed by atoms with Gasteiger partial charge in [-0.3, -0.25) is 5.10 Å². The van der Waals surface area contributed by atoms with Crippen molar-refractivity contribution in [1.29, 1.82) is 0 Å². The number of benzene rings is 1. The van der Waals surface area contributed by atoms with Gasteiger partial charge in [-0.15, -0.1) is 29.1 Å². The van der Waals surface area contributed by atoms with Crippen LogP contribution in [0.3, 0.4) is 0 Å². The number of furan rings is 1. The fourth-order valence-corrected chi connectivity index (χ4v) is 2.52.